The standard InChI is InChI=1S/C19H15N5O/c20-12-15-16(13-6-8-21-9-7-13)17(23-14-4-2-1-3-5-14)18-19(25)22-10-11-24(15)18/h1-9,23H,10-11H2,(H,22,25). The van der Waals surface area contributed by atoms with Crippen LogP contribution in [0.25, 0.3) is 11.1 Å². The fourth-order valence-corrected chi connectivity index (χ4v) is 3.15. The molecule has 0 saturated carbocycles. The highest BCUT2D eigenvalue weighted by molar-refractivity contribution is 6.05. The van der Waals surface area contributed by atoms with Crippen LogP contribution in [0.4, 0.5) is 11.4 Å². The first-order valence-electron chi connectivity index (χ1n) is 7.97. The van der Waals surface area contributed by atoms with E-state index >= 15 is 0 Å². The topological polar surface area (TPSA) is 82.7 Å². The maximum Gasteiger partial charge on any atom is 0.270 e. The van der Waals surface area contributed by atoms with Crippen molar-refractivity contribution in [1.29, 1.82) is 5.26 Å². The molecule has 2 N–H and O–H groups in total. The van der Waals surface area contributed by atoms with Crippen molar-refractivity contribution in [2.24, 2.45) is 0 Å². The lowest BCUT2D eigenvalue weighted by atomic mass is 10.0. The summed E-state index contributed by atoms with van der Waals surface area (Å²) in [4.78, 5) is 16.6. The largest absolute Gasteiger partial charge is 0.353 e. The van der Waals surface area contributed by atoms with E-state index in [1.54, 1.807) is 17.0 Å². The van der Waals surface area contributed by atoms with Gasteiger partial charge in [-0.2, -0.15) is 5.26 Å². The molecule has 0 radical (unpaired) electrons. The zero-order valence-corrected chi connectivity index (χ0v) is 13.4. The van der Waals surface area contributed by atoms with Crippen LogP contribution >= 0.6 is 0 Å². The first-order chi connectivity index (χ1) is 12.3. The lowest BCUT2D eigenvalue weighted by Crippen LogP contribution is -2.35. The molecule has 0 unspecified atom stereocenters. The predicted molar refractivity (Wildman–Crippen MR) is 94.4 cm³/mol. The molecule has 0 spiro atoms. The van der Waals surface area contributed by atoms with Gasteiger partial charge in [-0.1, -0.05) is 18.2 Å². The van der Waals surface area contributed by atoms with Crippen molar-refractivity contribution in [3.63, 3.8) is 0 Å². The number of para-hydroxylation sites is 1. The average molecular weight is 329 g/mol. The minimum absolute atomic E-state index is 0.179. The summed E-state index contributed by atoms with van der Waals surface area (Å²) in [6, 6.07) is 15.6. The second-order valence-corrected chi connectivity index (χ2v) is 5.69. The molecular formula is C19H15N5O. The van der Waals surface area contributed by atoms with Crippen LogP contribution in [0.5, 0.6) is 0 Å². The Bertz CT molecular complexity index is 971. The van der Waals surface area contributed by atoms with Gasteiger partial charge in [-0.25, -0.2) is 0 Å². The van der Waals surface area contributed by atoms with E-state index in [1.807, 2.05) is 42.5 Å². The molecule has 6 nitrogen and oxygen atoms in total. The molecule has 1 aliphatic heterocycles. The van der Waals surface area contributed by atoms with Gasteiger partial charge in [-0.15, -0.1) is 0 Å². The molecule has 25 heavy (non-hydrogen) atoms. The van der Waals surface area contributed by atoms with E-state index in [2.05, 4.69) is 21.7 Å². The maximum absolute atomic E-state index is 12.5. The van der Waals surface area contributed by atoms with E-state index in [0.29, 0.717) is 30.2 Å². The lowest BCUT2D eigenvalue weighted by molar-refractivity contribution is 0.0929. The normalized spacial score (nSPS) is 12.8. The number of aromatic nitrogens is 2. The first kappa shape index (κ1) is 15.0. The van der Waals surface area contributed by atoms with Gasteiger partial charge in [0.05, 0.1) is 5.69 Å². The number of carbonyl (C=O) groups is 1. The second-order valence-electron chi connectivity index (χ2n) is 5.69. The number of hydrogen-bond donors (Lipinski definition) is 2. The van der Waals surface area contributed by atoms with E-state index in [9.17, 15) is 10.1 Å². The molecule has 1 amide bonds. The Hall–Kier alpha value is -3.59. The number of pyridine rings is 1. The molecule has 1 aliphatic rings. The van der Waals surface area contributed by atoms with E-state index in [4.69, 9.17) is 0 Å². The first-order valence-corrected chi connectivity index (χ1v) is 7.97. The van der Waals surface area contributed by atoms with Crippen molar-refractivity contribution in [3.8, 4) is 17.2 Å². The molecule has 4 rings (SSSR count). The fraction of sp³-hybridized carbons (Fsp3) is 0.105. The third kappa shape index (κ3) is 2.52. The number of benzene rings is 1. The molecule has 0 atom stereocenters. The second kappa shape index (κ2) is 6.13. The number of amides is 1. The highest BCUT2D eigenvalue weighted by atomic mass is 16.2. The molecule has 0 bridgehead atoms. The van der Waals surface area contributed by atoms with Gasteiger partial charge in [0.25, 0.3) is 5.91 Å². The van der Waals surface area contributed by atoms with Crippen molar-refractivity contribution in [1.82, 2.24) is 14.9 Å². The summed E-state index contributed by atoms with van der Waals surface area (Å²) in [5, 5.41) is 15.9. The minimum Gasteiger partial charge on any atom is -0.353 e. The van der Waals surface area contributed by atoms with Gasteiger partial charge in [0, 0.05) is 36.7 Å². The lowest BCUT2D eigenvalue weighted by Gasteiger charge is -2.18. The molecule has 2 aromatic heterocycles. The Morgan fingerprint density at radius 3 is 2.64 bits per heavy atom. The highest BCUT2D eigenvalue weighted by Gasteiger charge is 2.30. The molecule has 6 heteroatoms. The molecule has 3 aromatic rings. The molecule has 0 saturated heterocycles. The summed E-state index contributed by atoms with van der Waals surface area (Å²) in [7, 11) is 0. The highest BCUT2D eigenvalue weighted by Crippen LogP contribution is 2.39. The van der Waals surface area contributed by atoms with Gasteiger partial charge < -0.3 is 15.2 Å². The molecule has 122 valence electrons. The average Bonchev–Trinajstić information content (AvgIpc) is 2.98. The van der Waals surface area contributed by atoms with Crippen molar-refractivity contribution in [2.45, 2.75) is 6.54 Å². The van der Waals surface area contributed by atoms with Crippen molar-refractivity contribution in [2.75, 3.05) is 11.9 Å². The number of rotatable bonds is 3. The van der Waals surface area contributed by atoms with Gasteiger partial charge in [0.2, 0.25) is 0 Å². The van der Waals surface area contributed by atoms with Crippen molar-refractivity contribution in [3.05, 3.63) is 66.2 Å². The van der Waals surface area contributed by atoms with E-state index in [1.165, 1.54) is 0 Å². The number of anilines is 2. The number of nitriles is 1. The van der Waals surface area contributed by atoms with Crippen LogP contribution in [0.2, 0.25) is 0 Å². The number of hydrogen-bond acceptors (Lipinski definition) is 4. The Morgan fingerprint density at radius 1 is 1.16 bits per heavy atom. The van der Waals surface area contributed by atoms with Crippen LogP contribution in [0, 0.1) is 11.3 Å². The molecule has 1 aromatic carbocycles. The quantitative estimate of drug-likeness (QED) is 0.774. The summed E-state index contributed by atoms with van der Waals surface area (Å²) in [6.07, 6.45) is 3.36. The predicted octanol–water partition coefficient (Wildman–Crippen LogP) is 2.91. The van der Waals surface area contributed by atoms with Crippen LogP contribution < -0.4 is 10.6 Å². The summed E-state index contributed by atoms with van der Waals surface area (Å²) in [6.45, 7) is 1.08. The molecule has 0 fully saturated rings. The van der Waals surface area contributed by atoms with Crippen molar-refractivity contribution >= 4 is 17.3 Å². The van der Waals surface area contributed by atoms with Crippen LogP contribution in [0.1, 0.15) is 16.2 Å². The van der Waals surface area contributed by atoms with E-state index < -0.39 is 0 Å². The Balaban J connectivity index is 1.98. The van der Waals surface area contributed by atoms with E-state index in [-0.39, 0.29) is 5.91 Å². The summed E-state index contributed by atoms with van der Waals surface area (Å²) in [5.41, 5.74) is 4.04. The van der Waals surface area contributed by atoms with Gasteiger partial charge in [-0.05, 0) is 29.8 Å². The summed E-state index contributed by atoms with van der Waals surface area (Å²) in [5.74, 6) is -0.179. The number of fused-ring (bicyclic) bond motifs is 1. The van der Waals surface area contributed by atoms with Crippen LogP contribution in [-0.4, -0.2) is 22.0 Å². The fourth-order valence-electron chi connectivity index (χ4n) is 3.15. The molecule has 0 aliphatic carbocycles. The Kier molecular flexibility index (Phi) is 3.67. The monoisotopic (exact) mass is 329 g/mol. The summed E-state index contributed by atoms with van der Waals surface area (Å²) >= 11 is 0. The number of carbonyl (C=O) groups excluding carboxylic acids is 1. The van der Waals surface area contributed by atoms with Gasteiger partial charge in [0.1, 0.15) is 17.5 Å². The van der Waals surface area contributed by atoms with Gasteiger partial charge in [-0.3, -0.25) is 9.78 Å². The number of nitrogens with zero attached hydrogens (tertiary/aromatic N) is 3. The van der Waals surface area contributed by atoms with Crippen LogP contribution in [0.15, 0.2) is 54.9 Å². The smallest absolute Gasteiger partial charge is 0.270 e. The molecule has 3 heterocycles. The van der Waals surface area contributed by atoms with Crippen LogP contribution in [-0.2, 0) is 6.54 Å². The number of nitrogens with one attached hydrogen (secondary N) is 2. The van der Waals surface area contributed by atoms with Gasteiger partial charge in [0.15, 0.2) is 0 Å². The third-order valence-electron chi connectivity index (χ3n) is 4.22. The third-order valence-corrected chi connectivity index (χ3v) is 4.22. The zero-order valence-electron chi connectivity index (χ0n) is 13.4. The maximum atomic E-state index is 12.5. The van der Waals surface area contributed by atoms with Crippen LogP contribution in [0.3, 0.4) is 0 Å². The Labute approximate surface area is 144 Å². The van der Waals surface area contributed by atoms with Crippen molar-refractivity contribution < 1.29 is 4.79 Å². The Morgan fingerprint density at radius 2 is 1.92 bits per heavy atom. The zero-order chi connectivity index (χ0) is 17.2. The minimum atomic E-state index is -0.179. The SMILES string of the molecule is N#Cc1c(-c2ccncc2)c(Nc2ccccc2)c2n1CCNC2=O. The van der Waals surface area contributed by atoms with Gasteiger partial charge >= 0.3 is 0 Å². The summed E-state index contributed by atoms with van der Waals surface area (Å²) < 4.78 is 1.79. The van der Waals surface area contributed by atoms with E-state index in [0.717, 1.165) is 16.8 Å². The molecular weight excluding hydrogens is 314 g/mol.